The Balaban J connectivity index is 3.07. The smallest absolute Gasteiger partial charge is 0.0637 e. The van der Waals surface area contributed by atoms with Crippen LogP contribution in [0.1, 0.15) is 25.8 Å². The molecule has 0 saturated carbocycles. The van der Waals surface area contributed by atoms with Crippen LogP contribution in [0.15, 0.2) is 16.6 Å². The van der Waals surface area contributed by atoms with Gasteiger partial charge in [0.25, 0.3) is 0 Å². The van der Waals surface area contributed by atoms with Crippen LogP contribution in [0.25, 0.3) is 0 Å². The number of hydrogen-bond donors (Lipinski definition) is 1. The van der Waals surface area contributed by atoms with Crippen molar-refractivity contribution in [3.8, 4) is 0 Å². The second-order valence-corrected chi connectivity index (χ2v) is 5.46. The van der Waals surface area contributed by atoms with Gasteiger partial charge in [0, 0.05) is 29.9 Å². The minimum absolute atomic E-state index is 0.472. The summed E-state index contributed by atoms with van der Waals surface area (Å²) in [4.78, 5) is 2.36. The number of rotatable bonds is 6. The minimum atomic E-state index is 0.472. The Bertz CT molecular complexity index is 396. The molecule has 0 aliphatic heterocycles. The third-order valence-corrected chi connectivity index (χ3v) is 3.94. The zero-order chi connectivity index (χ0) is 13.7. The highest BCUT2D eigenvalue weighted by atomic mass is 79.9. The van der Waals surface area contributed by atoms with Crippen molar-refractivity contribution in [1.29, 1.82) is 0 Å². The van der Waals surface area contributed by atoms with Gasteiger partial charge in [-0.25, -0.2) is 0 Å². The van der Waals surface area contributed by atoms with Crippen LogP contribution in [0.4, 0.5) is 11.4 Å². The van der Waals surface area contributed by atoms with E-state index in [0.717, 1.165) is 35.3 Å². The third kappa shape index (κ3) is 3.62. The van der Waals surface area contributed by atoms with E-state index < -0.39 is 0 Å². The molecule has 0 aliphatic carbocycles. The maximum Gasteiger partial charge on any atom is 0.0637 e. The highest BCUT2D eigenvalue weighted by molar-refractivity contribution is 9.10. The number of methoxy groups -OCH3 is 1. The predicted molar refractivity (Wildman–Crippen MR) is 82.3 cm³/mol. The van der Waals surface area contributed by atoms with Gasteiger partial charge in [0.2, 0.25) is 0 Å². The van der Waals surface area contributed by atoms with Gasteiger partial charge in [0.1, 0.15) is 0 Å². The lowest BCUT2D eigenvalue weighted by atomic mass is 10.1. The van der Waals surface area contributed by atoms with Crippen LogP contribution in [0, 0.1) is 6.92 Å². The number of aryl methyl sites for hydroxylation is 1. The SMILES string of the molecule is CCC(C)N(CCOC)c1cc(C)c(N)cc1Br. The molecule has 1 rings (SSSR count). The number of benzene rings is 1. The Morgan fingerprint density at radius 2 is 2.11 bits per heavy atom. The maximum absolute atomic E-state index is 5.93. The number of halogens is 1. The van der Waals surface area contributed by atoms with E-state index in [1.807, 2.05) is 13.0 Å². The highest BCUT2D eigenvalue weighted by Crippen LogP contribution is 2.32. The Hall–Kier alpha value is -0.740. The van der Waals surface area contributed by atoms with E-state index >= 15 is 0 Å². The second kappa shape index (κ2) is 7.00. The topological polar surface area (TPSA) is 38.5 Å². The molecule has 1 aromatic carbocycles. The number of ether oxygens (including phenoxy) is 1. The quantitative estimate of drug-likeness (QED) is 0.815. The molecule has 1 unspecified atom stereocenters. The Morgan fingerprint density at radius 1 is 1.44 bits per heavy atom. The molecule has 1 atom stereocenters. The van der Waals surface area contributed by atoms with Gasteiger partial charge in [-0.2, -0.15) is 0 Å². The lowest BCUT2D eigenvalue weighted by molar-refractivity contribution is 0.203. The van der Waals surface area contributed by atoms with Gasteiger partial charge in [0.05, 0.1) is 12.3 Å². The fraction of sp³-hybridized carbons (Fsp3) is 0.571. The van der Waals surface area contributed by atoms with Gasteiger partial charge in [-0.3, -0.25) is 0 Å². The summed E-state index contributed by atoms with van der Waals surface area (Å²) in [6.07, 6.45) is 1.10. The molecule has 0 aliphatic rings. The van der Waals surface area contributed by atoms with Gasteiger partial charge in [-0.15, -0.1) is 0 Å². The van der Waals surface area contributed by atoms with Gasteiger partial charge < -0.3 is 15.4 Å². The second-order valence-electron chi connectivity index (χ2n) is 4.60. The number of hydrogen-bond acceptors (Lipinski definition) is 3. The highest BCUT2D eigenvalue weighted by Gasteiger charge is 2.16. The standard InChI is InChI=1S/C14H23BrN2O/c1-5-11(3)17(6-7-18-4)14-8-10(2)13(16)9-12(14)15/h8-9,11H,5-7,16H2,1-4H3. The van der Waals surface area contributed by atoms with Crippen LogP contribution >= 0.6 is 15.9 Å². The summed E-state index contributed by atoms with van der Waals surface area (Å²) in [5.74, 6) is 0. The molecular weight excluding hydrogens is 292 g/mol. The summed E-state index contributed by atoms with van der Waals surface area (Å²) < 4.78 is 6.24. The van der Waals surface area contributed by atoms with E-state index in [2.05, 4.69) is 40.7 Å². The summed E-state index contributed by atoms with van der Waals surface area (Å²) in [6.45, 7) is 8.07. The summed E-state index contributed by atoms with van der Waals surface area (Å²) in [5, 5.41) is 0. The van der Waals surface area contributed by atoms with Crippen LogP contribution in [-0.4, -0.2) is 26.3 Å². The van der Waals surface area contributed by atoms with Crippen molar-refractivity contribution in [3.05, 3.63) is 22.2 Å². The van der Waals surface area contributed by atoms with Crippen molar-refractivity contribution >= 4 is 27.3 Å². The largest absolute Gasteiger partial charge is 0.398 e. The van der Waals surface area contributed by atoms with E-state index in [9.17, 15) is 0 Å². The predicted octanol–water partition coefficient (Wildman–Crippen LogP) is 3.59. The van der Waals surface area contributed by atoms with Crippen molar-refractivity contribution in [2.45, 2.75) is 33.2 Å². The molecule has 102 valence electrons. The number of nitrogens with zero attached hydrogens (tertiary/aromatic N) is 1. The minimum Gasteiger partial charge on any atom is -0.398 e. The van der Waals surface area contributed by atoms with Crippen LogP contribution in [0.3, 0.4) is 0 Å². The van der Waals surface area contributed by atoms with Crippen LogP contribution < -0.4 is 10.6 Å². The first-order valence-corrected chi connectivity index (χ1v) is 7.11. The molecule has 0 fully saturated rings. The average Bonchev–Trinajstić information content (AvgIpc) is 2.35. The molecule has 0 bridgehead atoms. The average molecular weight is 315 g/mol. The number of anilines is 2. The van der Waals surface area contributed by atoms with Crippen LogP contribution in [0.5, 0.6) is 0 Å². The molecule has 2 N–H and O–H groups in total. The van der Waals surface area contributed by atoms with E-state index in [1.165, 1.54) is 5.69 Å². The Labute approximate surface area is 118 Å². The molecule has 0 aromatic heterocycles. The van der Waals surface area contributed by atoms with Gasteiger partial charge in [-0.1, -0.05) is 6.92 Å². The first-order valence-electron chi connectivity index (χ1n) is 6.32. The number of nitrogens with two attached hydrogens (primary N) is 1. The molecule has 3 nitrogen and oxygen atoms in total. The molecule has 0 heterocycles. The summed E-state index contributed by atoms with van der Waals surface area (Å²) in [5.41, 5.74) is 9.04. The van der Waals surface area contributed by atoms with Crippen molar-refractivity contribution in [2.24, 2.45) is 0 Å². The zero-order valence-corrected chi connectivity index (χ0v) is 13.3. The lowest BCUT2D eigenvalue weighted by Crippen LogP contribution is -2.35. The summed E-state index contributed by atoms with van der Waals surface area (Å²) in [7, 11) is 1.73. The van der Waals surface area contributed by atoms with Gasteiger partial charge in [-0.05, 0) is 53.9 Å². The van der Waals surface area contributed by atoms with Gasteiger partial charge in [0.15, 0.2) is 0 Å². The summed E-state index contributed by atoms with van der Waals surface area (Å²) in [6, 6.07) is 4.59. The van der Waals surface area contributed by atoms with Crippen LogP contribution in [-0.2, 0) is 4.74 Å². The third-order valence-electron chi connectivity index (χ3n) is 3.30. The van der Waals surface area contributed by atoms with Crippen LogP contribution in [0.2, 0.25) is 0 Å². The Morgan fingerprint density at radius 3 is 2.67 bits per heavy atom. The van der Waals surface area contributed by atoms with Crippen molar-refractivity contribution in [2.75, 3.05) is 30.9 Å². The zero-order valence-electron chi connectivity index (χ0n) is 11.7. The lowest BCUT2D eigenvalue weighted by Gasteiger charge is -2.32. The molecule has 0 amide bonds. The van der Waals surface area contributed by atoms with Crippen molar-refractivity contribution < 1.29 is 4.74 Å². The maximum atomic E-state index is 5.93. The fourth-order valence-corrected chi connectivity index (χ4v) is 2.48. The van der Waals surface area contributed by atoms with Crippen molar-refractivity contribution in [1.82, 2.24) is 0 Å². The van der Waals surface area contributed by atoms with E-state index in [1.54, 1.807) is 7.11 Å². The monoisotopic (exact) mass is 314 g/mol. The Kier molecular flexibility index (Phi) is 5.96. The molecule has 4 heteroatoms. The first-order chi connectivity index (χ1) is 8.51. The van der Waals surface area contributed by atoms with E-state index in [0.29, 0.717) is 6.04 Å². The van der Waals surface area contributed by atoms with E-state index in [4.69, 9.17) is 10.5 Å². The van der Waals surface area contributed by atoms with E-state index in [-0.39, 0.29) is 0 Å². The first kappa shape index (κ1) is 15.3. The molecular formula is C14H23BrN2O. The molecule has 0 spiro atoms. The molecule has 18 heavy (non-hydrogen) atoms. The molecule has 0 radical (unpaired) electrons. The normalized spacial score (nSPS) is 12.5. The molecule has 0 saturated heterocycles. The van der Waals surface area contributed by atoms with Crippen molar-refractivity contribution in [3.63, 3.8) is 0 Å². The summed E-state index contributed by atoms with van der Waals surface area (Å²) >= 11 is 3.61. The molecule has 1 aromatic rings. The number of nitrogen functional groups attached to an aromatic ring is 1. The fourth-order valence-electron chi connectivity index (χ4n) is 1.89. The van der Waals surface area contributed by atoms with Gasteiger partial charge >= 0.3 is 0 Å².